The molecule has 194 valence electrons. The van der Waals surface area contributed by atoms with Crippen LogP contribution in [0, 0.1) is 0 Å². The molecule has 0 saturated carbocycles. The molecule has 5 atom stereocenters. The summed E-state index contributed by atoms with van der Waals surface area (Å²) in [5, 5.41) is 3.91. The van der Waals surface area contributed by atoms with E-state index in [0.717, 1.165) is 24.8 Å². The Morgan fingerprint density at radius 3 is 2.57 bits per heavy atom. The standard InChI is InChI=1S/C23H34F2N6O4/c1-23(24,25)21-31(35-21)19(26)15-6-8-16(9-7-15)20(32)27-13-17-14-34-12-11-29(17)22(33)30-10-4-5-18(30)28(2)3/h6-9,17-19,21H,4-5,10-14,26H2,1-3H3,(H,27,32)/t17-,18?,19?,21-,31?/m0/s1. The first-order chi connectivity index (χ1) is 16.6. The number of carbonyl (C=O) groups excluding carboxylic acids is 2. The molecule has 0 spiro atoms. The SMILES string of the molecule is CN(C)C1CCCN1C(=O)N1CCOC[C@@H]1CNC(=O)c1ccc(C(N)N2O[C@H]2C(C)(F)F)cc1. The Labute approximate surface area is 203 Å². The molecular weight excluding hydrogens is 462 g/mol. The molecule has 35 heavy (non-hydrogen) atoms. The van der Waals surface area contributed by atoms with E-state index in [-0.39, 0.29) is 30.7 Å². The van der Waals surface area contributed by atoms with Crippen molar-refractivity contribution in [2.24, 2.45) is 5.73 Å². The van der Waals surface area contributed by atoms with Crippen molar-refractivity contribution in [1.82, 2.24) is 25.1 Å². The van der Waals surface area contributed by atoms with E-state index in [2.05, 4.69) is 10.2 Å². The van der Waals surface area contributed by atoms with E-state index in [0.29, 0.717) is 37.4 Å². The molecular formula is C23H34F2N6O4. The smallest absolute Gasteiger partial charge is 0.321 e. The largest absolute Gasteiger partial charge is 0.377 e. The second-order valence-electron chi connectivity index (χ2n) is 9.54. The number of likely N-dealkylation sites (tertiary alicyclic amines) is 1. The average molecular weight is 497 g/mol. The van der Waals surface area contributed by atoms with Crippen molar-refractivity contribution in [2.45, 2.75) is 50.3 Å². The van der Waals surface area contributed by atoms with E-state index in [9.17, 15) is 18.4 Å². The van der Waals surface area contributed by atoms with Crippen molar-refractivity contribution in [3.05, 3.63) is 35.4 Å². The van der Waals surface area contributed by atoms with E-state index in [4.69, 9.17) is 15.3 Å². The van der Waals surface area contributed by atoms with Gasteiger partial charge in [0.25, 0.3) is 11.8 Å². The molecule has 0 aliphatic carbocycles. The van der Waals surface area contributed by atoms with Crippen LogP contribution in [0.25, 0.3) is 0 Å². The number of rotatable bonds is 7. The lowest BCUT2D eigenvalue weighted by Crippen LogP contribution is -2.59. The zero-order chi connectivity index (χ0) is 25.3. The van der Waals surface area contributed by atoms with Gasteiger partial charge in [-0.1, -0.05) is 12.1 Å². The van der Waals surface area contributed by atoms with Gasteiger partial charge in [-0.3, -0.25) is 14.5 Å². The number of halogens is 2. The van der Waals surface area contributed by atoms with Gasteiger partial charge in [-0.25, -0.2) is 13.6 Å². The van der Waals surface area contributed by atoms with Gasteiger partial charge in [0, 0.05) is 32.1 Å². The molecule has 4 rings (SSSR count). The number of nitrogens with zero attached hydrogens (tertiary/aromatic N) is 4. The number of alkyl halides is 2. The predicted octanol–water partition coefficient (Wildman–Crippen LogP) is 1.41. The highest BCUT2D eigenvalue weighted by Gasteiger charge is 2.55. The number of ether oxygens (including phenoxy) is 1. The number of urea groups is 1. The molecule has 3 N–H and O–H groups in total. The van der Waals surface area contributed by atoms with Gasteiger partial charge in [0.05, 0.1) is 25.4 Å². The van der Waals surface area contributed by atoms with Gasteiger partial charge in [0.15, 0.2) is 0 Å². The van der Waals surface area contributed by atoms with E-state index < -0.39 is 18.3 Å². The van der Waals surface area contributed by atoms with Gasteiger partial charge in [-0.2, -0.15) is 0 Å². The first-order valence-corrected chi connectivity index (χ1v) is 11.9. The van der Waals surface area contributed by atoms with E-state index in [1.54, 1.807) is 29.2 Å². The topological polar surface area (TPSA) is 107 Å². The Morgan fingerprint density at radius 1 is 1.23 bits per heavy atom. The molecule has 12 heteroatoms. The third kappa shape index (κ3) is 5.72. The molecule has 3 saturated heterocycles. The quantitative estimate of drug-likeness (QED) is 0.550. The van der Waals surface area contributed by atoms with Crippen molar-refractivity contribution in [2.75, 3.05) is 46.9 Å². The molecule has 0 radical (unpaired) electrons. The van der Waals surface area contributed by atoms with Crippen LogP contribution in [0.4, 0.5) is 13.6 Å². The van der Waals surface area contributed by atoms with Crippen molar-refractivity contribution in [1.29, 1.82) is 0 Å². The van der Waals surface area contributed by atoms with Gasteiger partial charge in [0.1, 0.15) is 6.17 Å². The summed E-state index contributed by atoms with van der Waals surface area (Å²) in [6.45, 7) is 3.02. The van der Waals surface area contributed by atoms with Gasteiger partial charge in [-0.15, -0.1) is 5.06 Å². The van der Waals surface area contributed by atoms with Crippen LogP contribution >= 0.6 is 0 Å². The molecule has 1 aromatic carbocycles. The summed E-state index contributed by atoms with van der Waals surface area (Å²) in [6.07, 6.45) is -0.237. The minimum atomic E-state index is -3.02. The minimum Gasteiger partial charge on any atom is -0.377 e. The molecule has 0 aromatic heterocycles. The molecule has 10 nitrogen and oxygen atoms in total. The van der Waals surface area contributed by atoms with Crippen LogP contribution in [0.2, 0.25) is 0 Å². The van der Waals surface area contributed by atoms with Crippen LogP contribution in [0.15, 0.2) is 24.3 Å². The first kappa shape index (κ1) is 25.7. The summed E-state index contributed by atoms with van der Waals surface area (Å²) in [7, 11) is 3.94. The normalized spacial score (nSPS) is 27.7. The number of carbonyl (C=O) groups is 2. The lowest BCUT2D eigenvalue weighted by molar-refractivity contribution is -0.00832. The number of morpholine rings is 1. The third-order valence-electron chi connectivity index (χ3n) is 6.66. The van der Waals surface area contributed by atoms with Crippen molar-refractivity contribution in [3.8, 4) is 0 Å². The Bertz CT molecular complexity index is 912. The molecule has 3 amide bonds. The summed E-state index contributed by atoms with van der Waals surface area (Å²) in [5.74, 6) is -3.33. The molecule has 3 fully saturated rings. The van der Waals surface area contributed by atoms with Gasteiger partial charge in [-0.05, 0) is 44.6 Å². The Hall–Kier alpha value is -2.38. The number of nitrogens with two attached hydrogens (primary N) is 1. The van der Waals surface area contributed by atoms with Crippen LogP contribution in [-0.4, -0.2) is 103 Å². The Balaban J connectivity index is 1.33. The van der Waals surface area contributed by atoms with E-state index >= 15 is 0 Å². The molecule has 3 aliphatic heterocycles. The predicted molar refractivity (Wildman–Crippen MR) is 123 cm³/mol. The van der Waals surface area contributed by atoms with Crippen molar-refractivity contribution in [3.63, 3.8) is 0 Å². The second kappa shape index (κ2) is 10.3. The Kier molecular flexibility index (Phi) is 7.57. The van der Waals surface area contributed by atoms with E-state index in [1.165, 1.54) is 0 Å². The summed E-state index contributed by atoms with van der Waals surface area (Å²) in [5.41, 5.74) is 6.95. The lowest BCUT2D eigenvalue weighted by Gasteiger charge is -2.40. The summed E-state index contributed by atoms with van der Waals surface area (Å²) in [6, 6.07) is 6.08. The van der Waals surface area contributed by atoms with Gasteiger partial charge in [0.2, 0.25) is 6.23 Å². The second-order valence-corrected chi connectivity index (χ2v) is 9.54. The highest BCUT2D eigenvalue weighted by Crippen LogP contribution is 2.39. The fourth-order valence-corrected chi connectivity index (χ4v) is 4.66. The highest BCUT2D eigenvalue weighted by atomic mass is 19.3. The van der Waals surface area contributed by atoms with Crippen LogP contribution in [0.5, 0.6) is 0 Å². The number of nitrogens with one attached hydrogen (secondary N) is 1. The molecule has 3 unspecified atom stereocenters. The minimum absolute atomic E-state index is 0.0321. The first-order valence-electron chi connectivity index (χ1n) is 11.9. The van der Waals surface area contributed by atoms with Crippen molar-refractivity contribution >= 4 is 11.9 Å². The zero-order valence-electron chi connectivity index (χ0n) is 20.3. The maximum absolute atomic E-state index is 13.3. The third-order valence-corrected chi connectivity index (χ3v) is 6.66. The summed E-state index contributed by atoms with van der Waals surface area (Å²) >= 11 is 0. The Morgan fingerprint density at radius 2 is 1.94 bits per heavy atom. The van der Waals surface area contributed by atoms with Crippen molar-refractivity contribution < 1.29 is 27.9 Å². The molecule has 1 aromatic rings. The molecule has 3 heterocycles. The molecule has 3 aliphatic rings. The molecule has 0 bridgehead atoms. The van der Waals surface area contributed by atoms with Crippen LogP contribution in [0.1, 0.15) is 41.9 Å². The number of amides is 3. The van der Waals surface area contributed by atoms with E-state index in [1.807, 2.05) is 19.0 Å². The monoisotopic (exact) mass is 496 g/mol. The number of hydrogen-bond donors (Lipinski definition) is 2. The fraction of sp³-hybridized carbons (Fsp3) is 0.652. The van der Waals surface area contributed by atoms with Gasteiger partial charge < -0.3 is 25.6 Å². The fourth-order valence-electron chi connectivity index (χ4n) is 4.66. The lowest BCUT2D eigenvalue weighted by atomic mass is 10.1. The average Bonchev–Trinajstić information content (AvgIpc) is 3.51. The maximum atomic E-state index is 13.3. The van der Waals surface area contributed by atoms with Crippen LogP contribution in [-0.2, 0) is 9.57 Å². The summed E-state index contributed by atoms with van der Waals surface area (Å²) in [4.78, 5) is 36.6. The zero-order valence-corrected chi connectivity index (χ0v) is 20.3. The number of hydroxylamine groups is 2. The van der Waals surface area contributed by atoms with Crippen LogP contribution in [0.3, 0.4) is 0 Å². The van der Waals surface area contributed by atoms with Crippen LogP contribution < -0.4 is 11.1 Å². The maximum Gasteiger partial charge on any atom is 0.321 e. The summed E-state index contributed by atoms with van der Waals surface area (Å²) < 4.78 is 32.3. The number of benzene rings is 1. The number of hydrogen-bond acceptors (Lipinski definition) is 7. The highest BCUT2D eigenvalue weighted by molar-refractivity contribution is 5.94. The van der Waals surface area contributed by atoms with Gasteiger partial charge >= 0.3 is 6.03 Å².